The van der Waals surface area contributed by atoms with Crippen LogP contribution in [0.1, 0.15) is 39.3 Å². The zero-order valence-corrected chi connectivity index (χ0v) is 16.9. The smallest absolute Gasteiger partial charge is 0.306 e. The molecule has 28 heavy (non-hydrogen) atoms. The van der Waals surface area contributed by atoms with Crippen molar-refractivity contribution in [2.45, 2.75) is 39.0 Å². The van der Waals surface area contributed by atoms with Gasteiger partial charge in [0.05, 0.1) is 19.2 Å². The van der Waals surface area contributed by atoms with Gasteiger partial charge in [-0.25, -0.2) is 0 Å². The summed E-state index contributed by atoms with van der Waals surface area (Å²) in [5, 5.41) is 12.2. The molecule has 0 unspecified atom stereocenters. The highest BCUT2D eigenvalue weighted by Gasteiger charge is 2.25. The summed E-state index contributed by atoms with van der Waals surface area (Å²) >= 11 is 6.47. The summed E-state index contributed by atoms with van der Waals surface area (Å²) < 4.78 is 6.02. The van der Waals surface area contributed by atoms with Crippen molar-refractivity contribution in [2.24, 2.45) is 0 Å². The predicted molar refractivity (Wildman–Crippen MR) is 106 cm³/mol. The molecule has 2 aromatic heterocycles. The molecule has 3 aromatic rings. The highest BCUT2D eigenvalue weighted by molar-refractivity contribution is 6.34. The Hall–Kier alpha value is -2.87. The minimum atomic E-state index is -0.422. The highest BCUT2D eigenvalue weighted by atomic mass is 35.5. The lowest BCUT2D eigenvalue weighted by Crippen LogP contribution is -2.14. The van der Waals surface area contributed by atoms with Crippen LogP contribution in [0.5, 0.6) is 0 Å². The first kappa shape index (κ1) is 19.9. The van der Waals surface area contributed by atoms with Crippen LogP contribution in [-0.2, 0) is 19.7 Å². The van der Waals surface area contributed by atoms with Crippen molar-refractivity contribution in [1.82, 2.24) is 19.8 Å². The van der Waals surface area contributed by atoms with E-state index in [1.807, 2.05) is 26.8 Å². The number of methoxy groups -OCH3 is 1. The van der Waals surface area contributed by atoms with Crippen molar-refractivity contribution in [3.63, 3.8) is 0 Å². The third-order valence-corrected chi connectivity index (χ3v) is 4.51. The van der Waals surface area contributed by atoms with Crippen LogP contribution in [-0.4, -0.2) is 38.8 Å². The number of nitrogens with one attached hydrogen (secondary N) is 2. The Kier molecular flexibility index (Phi) is 5.42. The van der Waals surface area contributed by atoms with Gasteiger partial charge >= 0.3 is 5.97 Å². The van der Waals surface area contributed by atoms with Gasteiger partial charge in [0.15, 0.2) is 11.5 Å². The van der Waals surface area contributed by atoms with Gasteiger partial charge in [0.2, 0.25) is 5.91 Å². The Morgan fingerprint density at radius 2 is 2.00 bits per heavy atom. The van der Waals surface area contributed by atoms with Crippen molar-refractivity contribution >= 4 is 34.8 Å². The summed E-state index contributed by atoms with van der Waals surface area (Å²) in [4.78, 5) is 26.3. The minimum absolute atomic E-state index is 0.0337. The maximum atomic E-state index is 12.0. The first-order chi connectivity index (χ1) is 13.2. The molecule has 2 N–H and O–H groups in total. The van der Waals surface area contributed by atoms with Crippen LogP contribution in [0.25, 0.3) is 17.0 Å². The zero-order valence-electron chi connectivity index (χ0n) is 16.2. The number of carbonyl (C=O) groups excluding carboxylic acids is 2. The molecular formula is C19H22ClN5O3. The molecule has 1 amide bonds. The van der Waals surface area contributed by atoms with E-state index in [0.29, 0.717) is 22.2 Å². The zero-order chi connectivity index (χ0) is 20.5. The van der Waals surface area contributed by atoms with E-state index < -0.39 is 5.97 Å². The van der Waals surface area contributed by atoms with Crippen LogP contribution in [0.2, 0.25) is 5.02 Å². The van der Waals surface area contributed by atoms with Gasteiger partial charge in [0, 0.05) is 23.1 Å². The number of carbonyl (C=O) groups is 2. The van der Waals surface area contributed by atoms with Crippen LogP contribution >= 0.6 is 11.6 Å². The summed E-state index contributed by atoms with van der Waals surface area (Å²) in [6.45, 7) is 6.11. The summed E-state index contributed by atoms with van der Waals surface area (Å²) in [5.41, 5.74) is 2.56. The molecule has 0 spiro atoms. The van der Waals surface area contributed by atoms with Crippen LogP contribution < -0.4 is 5.32 Å². The topological polar surface area (TPSA) is 101 Å². The predicted octanol–water partition coefficient (Wildman–Crippen LogP) is 3.57. The van der Waals surface area contributed by atoms with Crippen LogP contribution in [0.15, 0.2) is 24.3 Å². The van der Waals surface area contributed by atoms with E-state index in [1.54, 1.807) is 18.2 Å². The van der Waals surface area contributed by atoms with E-state index in [-0.39, 0.29) is 24.2 Å². The SMILES string of the molecule is COC(=O)CCC(=O)Nc1cccc(-c2nn3nc(C(C)(C)C)c(Cl)c3[nH]2)c1. The average Bonchev–Trinajstić information content (AvgIpc) is 3.19. The number of aromatic amines is 1. The number of nitrogens with zero attached hydrogens (tertiary/aromatic N) is 3. The van der Waals surface area contributed by atoms with Crippen LogP contribution in [0.4, 0.5) is 5.69 Å². The van der Waals surface area contributed by atoms with Gasteiger partial charge in [0.25, 0.3) is 0 Å². The molecule has 0 aliphatic carbocycles. The first-order valence-electron chi connectivity index (χ1n) is 8.81. The van der Waals surface area contributed by atoms with E-state index in [4.69, 9.17) is 11.6 Å². The molecular weight excluding hydrogens is 382 g/mol. The molecule has 148 valence electrons. The summed E-state index contributed by atoms with van der Waals surface area (Å²) in [6.07, 6.45) is 0.0860. The molecule has 0 bridgehead atoms. The third kappa shape index (κ3) is 4.17. The molecule has 2 heterocycles. The van der Waals surface area contributed by atoms with Gasteiger partial charge in [-0.15, -0.1) is 9.73 Å². The maximum Gasteiger partial charge on any atom is 0.306 e. The van der Waals surface area contributed by atoms with Gasteiger partial charge in [-0.05, 0) is 12.1 Å². The monoisotopic (exact) mass is 403 g/mol. The fourth-order valence-corrected chi connectivity index (χ4v) is 3.14. The number of aromatic nitrogens is 4. The second-order valence-electron chi connectivity index (χ2n) is 7.43. The second kappa shape index (κ2) is 7.63. The lowest BCUT2D eigenvalue weighted by Gasteiger charge is -2.14. The van der Waals surface area contributed by atoms with E-state index in [2.05, 4.69) is 25.2 Å². The number of benzene rings is 1. The molecule has 1 aromatic carbocycles. The van der Waals surface area contributed by atoms with Gasteiger partial charge in [-0.1, -0.05) is 44.5 Å². The molecule has 0 fully saturated rings. The Balaban J connectivity index is 1.80. The van der Waals surface area contributed by atoms with Crippen molar-refractivity contribution in [3.8, 4) is 11.4 Å². The number of esters is 1. The molecule has 9 heteroatoms. The lowest BCUT2D eigenvalue weighted by atomic mass is 9.92. The van der Waals surface area contributed by atoms with Crippen molar-refractivity contribution in [1.29, 1.82) is 0 Å². The van der Waals surface area contributed by atoms with Gasteiger partial charge in [0.1, 0.15) is 5.02 Å². The standard InChI is InChI=1S/C19H22ClN5O3/c1-19(2,3)16-15(20)18-22-17(24-25(18)23-16)11-6-5-7-12(10-11)21-13(26)8-9-14(27)28-4/h5-7,10H,8-9H2,1-4H3,(H,21,26)(H,22,24). The van der Waals surface area contributed by atoms with E-state index in [0.717, 1.165) is 11.3 Å². The Morgan fingerprint density at radius 1 is 1.25 bits per heavy atom. The molecule has 3 rings (SSSR count). The molecule has 0 saturated carbocycles. The summed E-state index contributed by atoms with van der Waals surface area (Å²) in [5.74, 6) is -0.112. The highest BCUT2D eigenvalue weighted by Crippen LogP contribution is 2.32. The van der Waals surface area contributed by atoms with Crippen molar-refractivity contribution in [2.75, 3.05) is 12.4 Å². The summed E-state index contributed by atoms with van der Waals surface area (Å²) in [6, 6.07) is 7.21. The number of hydrogen-bond acceptors (Lipinski definition) is 5. The Morgan fingerprint density at radius 3 is 2.64 bits per heavy atom. The average molecular weight is 404 g/mol. The van der Waals surface area contributed by atoms with Crippen LogP contribution in [0, 0.1) is 0 Å². The molecule has 0 radical (unpaired) electrons. The minimum Gasteiger partial charge on any atom is -0.469 e. The normalized spacial score (nSPS) is 11.6. The number of anilines is 1. The Bertz CT molecular complexity index is 1030. The van der Waals surface area contributed by atoms with E-state index in [9.17, 15) is 9.59 Å². The largest absolute Gasteiger partial charge is 0.469 e. The van der Waals surface area contributed by atoms with E-state index >= 15 is 0 Å². The van der Waals surface area contributed by atoms with Crippen molar-refractivity contribution < 1.29 is 14.3 Å². The molecule has 0 atom stereocenters. The molecule has 0 saturated heterocycles. The maximum absolute atomic E-state index is 12.0. The number of H-pyrrole nitrogens is 1. The quantitative estimate of drug-likeness (QED) is 0.634. The number of hydrogen-bond donors (Lipinski definition) is 2. The van der Waals surface area contributed by atoms with Crippen molar-refractivity contribution in [3.05, 3.63) is 35.0 Å². The Labute approximate surface area is 167 Å². The van der Waals surface area contributed by atoms with Gasteiger partial charge in [-0.3, -0.25) is 9.59 Å². The van der Waals surface area contributed by atoms with Crippen LogP contribution in [0.3, 0.4) is 0 Å². The fraction of sp³-hybridized carbons (Fsp3) is 0.368. The number of fused-ring (bicyclic) bond motifs is 1. The molecule has 0 aliphatic heterocycles. The number of rotatable bonds is 5. The first-order valence-corrected chi connectivity index (χ1v) is 9.19. The van der Waals surface area contributed by atoms with Gasteiger partial charge < -0.3 is 15.0 Å². The lowest BCUT2D eigenvalue weighted by molar-refractivity contribution is -0.141. The fourth-order valence-electron chi connectivity index (χ4n) is 2.69. The molecule has 0 aliphatic rings. The van der Waals surface area contributed by atoms with Gasteiger partial charge in [-0.2, -0.15) is 5.10 Å². The van der Waals surface area contributed by atoms with E-state index in [1.165, 1.54) is 11.7 Å². The second-order valence-corrected chi connectivity index (χ2v) is 7.81. The number of amides is 1. The number of ether oxygens (including phenoxy) is 1. The summed E-state index contributed by atoms with van der Waals surface area (Å²) in [7, 11) is 1.29. The number of halogens is 1. The molecule has 8 nitrogen and oxygen atoms in total. The third-order valence-electron chi connectivity index (χ3n) is 4.16.